The molecule has 0 unspecified atom stereocenters. The highest BCUT2D eigenvalue weighted by Crippen LogP contribution is 2.43. The molecule has 0 atom stereocenters. The summed E-state index contributed by atoms with van der Waals surface area (Å²) in [6.45, 7) is 29.8. The molecule has 0 bridgehead atoms. The highest BCUT2D eigenvalue weighted by Gasteiger charge is 2.64. The van der Waals surface area contributed by atoms with Gasteiger partial charge in [-0.05, 0) is 192 Å². The van der Waals surface area contributed by atoms with Crippen LogP contribution in [0.2, 0.25) is 0 Å². The van der Waals surface area contributed by atoms with Crippen LogP contribution in [0.1, 0.15) is 128 Å². The van der Waals surface area contributed by atoms with E-state index in [4.69, 9.17) is 56.3 Å². The molecule has 22 heteroatoms. The molecule has 0 saturated carbocycles. The van der Waals surface area contributed by atoms with Crippen molar-refractivity contribution in [2.45, 2.75) is 164 Å². The summed E-state index contributed by atoms with van der Waals surface area (Å²) in [6.07, 6.45) is -8.75. The summed E-state index contributed by atoms with van der Waals surface area (Å²) >= 11 is 3.42. The first-order chi connectivity index (χ1) is 34.2. The van der Waals surface area contributed by atoms with Gasteiger partial charge in [-0.3, -0.25) is 0 Å². The first-order valence-electron chi connectivity index (χ1n) is 24.2. The van der Waals surface area contributed by atoms with Gasteiger partial charge in [0.25, 0.3) is 0 Å². The zero-order chi connectivity index (χ0) is 55.1. The number of hydrogen-bond donors (Lipinski definition) is 0. The SMILES string of the molecule is C.CC1(C)OB(B2OC(C)(C)C(C)(C)O2)OC1(C)C.CCOCOCc1cc(Oc2ccc(C(F)(F)F)cc2)ccc1B1OC(C)(C)C(C)(C)O1.CCOCOCc1cc(Oc2ccc(C(F)(F)F)cc2)ccc1Br.[2HH]. The maximum absolute atomic E-state index is 12.8. The molecule has 4 aromatic rings. The van der Waals surface area contributed by atoms with Crippen LogP contribution in [0.15, 0.2) is 89.4 Å². The third-order valence-corrected chi connectivity index (χ3v) is 14.3. The molecule has 3 aliphatic rings. The molecule has 0 radical (unpaired) electrons. The van der Waals surface area contributed by atoms with Gasteiger partial charge in [-0.2, -0.15) is 26.3 Å². The minimum Gasteiger partial charge on any atom is -0.457 e. The Bertz CT molecular complexity index is 2360. The third kappa shape index (κ3) is 16.9. The molecule has 0 spiro atoms. The zero-order valence-electron chi connectivity index (χ0n) is 44.6. The number of hydrogen-bond acceptors (Lipinski definition) is 12. The van der Waals surface area contributed by atoms with E-state index in [1.165, 1.54) is 24.3 Å². The second-order valence-electron chi connectivity index (χ2n) is 20.6. The molecule has 0 aliphatic carbocycles. The topological polar surface area (TPSA) is 111 Å². The molecule has 4 aromatic carbocycles. The van der Waals surface area contributed by atoms with Crippen molar-refractivity contribution in [3.63, 3.8) is 0 Å². The van der Waals surface area contributed by atoms with Crippen molar-refractivity contribution in [3.05, 3.63) is 112 Å². The molecule has 75 heavy (non-hydrogen) atoms. The molecule has 7 rings (SSSR count). The number of benzene rings is 4. The Morgan fingerprint density at radius 3 is 1.13 bits per heavy atom. The van der Waals surface area contributed by atoms with Gasteiger partial charge in [-0.15, -0.1) is 0 Å². The summed E-state index contributed by atoms with van der Waals surface area (Å²) in [5.41, 5.74) is -1.48. The van der Waals surface area contributed by atoms with E-state index in [2.05, 4.69) is 15.9 Å². The highest BCUT2D eigenvalue weighted by molar-refractivity contribution is 9.10. The van der Waals surface area contributed by atoms with E-state index in [0.717, 1.165) is 45.3 Å². The first-order valence-corrected chi connectivity index (χ1v) is 25.0. The number of rotatable bonds is 16. The summed E-state index contributed by atoms with van der Waals surface area (Å²) in [5, 5.41) is 0. The van der Waals surface area contributed by atoms with E-state index >= 15 is 0 Å². The van der Waals surface area contributed by atoms with Crippen LogP contribution in [0.5, 0.6) is 23.0 Å². The molecule has 416 valence electrons. The van der Waals surface area contributed by atoms with Gasteiger partial charge >= 0.3 is 33.5 Å². The molecule has 12 nitrogen and oxygen atoms in total. The molecule has 3 aliphatic heterocycles. The normalized spacial score (nSPS) is 18.9. The average molecular weight is 1130 g/mol. The molecular weight excluding hydrogens is 1050 g/mol. The minimum absolute atomic E-state index is 0. The number of ether oxygens (including phenoxy) is 6. The van der Waals surface area contributed by atoms with Gasteiger partial charge in [0.1, 0.15) is 36.6 Å². The fraction of sp³-hybridized carbons (Fsp3) is 0.547. The zero-order valence-corrected chi connectivity index (χ0v) is 46.2. The number of alkyl halides is 6. The number of halogens is 7. The van der Waals surface area contributed by atoms with Crippen molar-refractivity contribution in [2.75, 3.05) is 26.8 Å². The molecule has 0 aromatic heterocycles. The van der Waals surface area contributed by atoms with Crippen molar-refractivity contribution in [1.82, 2.24) is 0 Å². The van der Waals surface area contributed by atoms with Crippen LogP contribution < -0.4 is 14.9 Å². The first kappa shape index (κ1) is 63.9. The largest absolute Gasteiger partial charge is 0.495 e. The Morgan fingerprint density at radius 2 is 0.773 bits per heavy atom. The lowest BCUT2D eigenvalue weighted by atomic mass is 9.49. The smallest absolute Gasteiger partial charge is 0.457 e. The fourth-order valence-corrected chi connectivity index (χ4v) is 7.34. The molecule has 3 fully saturated rings. The van der Waals surface area contributed by atoms with Crippen LogP contribution in [0.3, 0.4) is 0 Å². The van der Waals surface area contributed by atoms with E-state index < -0.39 is 55.8 Å². The Labute approximate surface area is 450 Å². The van der Waals surface area contributed by atoms with Crippen molar-refractivity contribution in [3.8, 4) is 23.0 Å². The predicted molar refractivity (Wildman–Crippen MR) is 283 cm³/mol. The van der Waals surface area contributed by atoms with Crippen LogP contribution in [-0.4, -0.2) is 81.5 Å². The van der Waals surface area contributed by atoms with Crippen molar-refractivity contribution in [2.24, 2.45) is 0 Å². The highest BCUT2D eigenvalue weighted by atomic mass is 79.9. The summed E-state index contributed by atoms with van der Waals surface area (Å²) in [4.78, 5) is 0. The predicted octanol–water partition coefficient (Wildman–Crippen LogP) is 14.2. The Balaban J connectivity index is 0.000000308. The maximum atomic E-state index is 12.8. The lowest BCUT2D eigenvalue weighted by Crippen LogP contribution is -2.41. The Morgan fingerprint density at radius 1 is 0.453 bits per heavy atom. The van der Waals surface area contributed by atoms with Gasteiger partial charge in [0.05, 0.1) is 57.9 Å². The summed E-state index contributed by atoms with van der Waals surface area (Å²) in [5.74, 6) is 1.59. The van der Waals surface area contributed by atoms with Crippen LogP contribution in [-0.2, 0) is 72.4 Å². The van der Waals surface area contributed by atoms with Gasteiger partial charge in [0.15, 0.2) is 0 Å². The molecule has 0 amide bonds. The monoisotopic (exact) mass is 1130 g/mol. The van der Waals surface area contributed by atoms with Gasteiger partial charge in [0, 0.05) is 19.1 Å². The summed E-state index contributed by atoms with van der Waals surface area (Å²) < 4.78 is 146. The van der Waals surface area contributed by atoms with E-state index in [0.29, 0.717) is 42.8 Å². The van der Waals surface area contributed by atoms with Gasteiger partial charge in [-0.1, -0.05) is 29.4 Å². The van der Waals surface area contributed by atoms with Crippen molar-refractivity contribution >= 4 is 42.5 Å². The average Bonchev–Trinajstić information content (AvgIpc) is 3.77. The van der Waals surface area contributed by atoms with Crippen molar-refractivity contribution < 1.29 is 84.1 Å². The third-order valence-electron chi connectivity index (χ3n) is 13.5. The van der Waals surface area contributed by atoms with Crippen LogP contribution >= 0.6 is 15.9 Å². The Hall–Kier alpha value is -3.67. The quantitative estimate of drug-likeness (QED) is 0.0461. The molecule has 3 saturated heterocycles. The van der Waals surface area contributed by atoms with Gasteiger partial charge in [-0.25, -0.2) is 0 Å². The van der Waals surface area contributed by atoms with Crippen LogP contribution in [0.4, 0.5) is 26.3 Å². The van der Waals surface area contributed by atoms with E-state index in [-0.39, 0.29) is 51.5 Å². The molecular formula is C53H74B3BrF6O12. The second-order valence-corrected chi connectivity index (χ2v) is 21.5. The van der Waals surface area contributed by atoms with Gasteiger partial charge < -0.3 is 56.3 Å². The van der Waals surface area contributed by atoms with Gasteiger partial charge in [0.2, 0.25) is 0 Å². The van der Waals surface area contributed by atoms with Crippen LogP contribution in [0.25, 0.3) is 0 Å². The van der Waals surface area contributed by atoms with Crippen LogP contribution in [0, 0.1) is 0 Å². The lowest BCUT2D eigenvalue weighted by Gasteiger charge is -2.32. The van der Waals surface area contributed by atoms with E-state index in [1.54, 1.807) is 30.3 Å². The molecule has 3 heterocycles. The fourth-order valence-electron chi connectivity index (χ4n) is 6.98. The molecule has 0 N–H and O–H groups in total. The van der Waals surface area contributed by atoms with E-state index in [1.807, 2.05) is 103 Å². The maximum Gasteiger partial charge on any atom is 0.495 e. The summed E-state index contributed by atoms with van der Waals surface area (Å²) in [7, 11) is -1.54. The minimum atomic E-state index is -4.39. The standard InChI is InChI=1S/C23H28BF3O5.C17H16BrF3O3.C12H24B2O4.CH4.H2/c1-6-28-15-29-14-16-13-19(30-18-9-7-17(8-10-18)23(25,26)27)11-12-20(16)24-31-21(2,3)22(4,5)32-24;1-2-22-11-23-10-12-9-15(7-8-16(12)18)24-14-5-3-13(4-6-14)17(19,20)21;1-9(2)10(3,4)16-13(15-9)14-17-11(5,6)12(7,8)18-14;;/h7-13H,6,14-15H2,1-5H3;3-9H,2,10-11H2,1H3;1-8H3;1H4;1H/i;;;;1+1. The Kier molecular flexibility index (Phi) is 21.6. The second kappa shape index (κ2) is 25.4. The van der Waals surface area contributed by atoms with E-state index in [9.17, 15) is 26.3 Å². The van der Waals surface area contributed by atoms with Crippen molar-refractivity contribution in [1.29, 1.82) is 0 Å². The summed E-state index contributed by atoms with van der Waals surface area (Å²) in [6, 6.07) is 19.7. The lowest BCUT2D eigenvalue weighted by molar-refractivity contribution is -0.138.